The average molecular weight is 439 g/mol. The normalized spacial score (nSPS) is 10.8. The zero-order chi connectivity index (χ0) is 17.2. The summed E-state index contributed by atoms with van der Waals surface area (Å²) in [6.07, 6.45) is 0. The van der Waals surface area contributed by atoms with E-state index in [1.54, 1.807) is 0 Å². The Hall–Kier alpha value is -2.67. The molecule has 0 aliphatic heterocycles. The summed E-state index contributed by atoms with van der Waals surface area (Å²) >= 11 is 2.17. The van der Waals surface area contributed by atoms with E-state index in [1.807, 2.05) is 72.8 Å². The van der Waals surface area contributed by atoms with Gasteiger partial charge in [0.05, 0.1) is 16.6 Å². The topological polar surface area (TPSA) is 57.8 Å². The molecule has 1 amide bonds. The van der Waals surface area contributed by atoms with Crippen LogP contribution < -0.4 is 5.32 Å². The maximum absolute atomic E-state index is 12.5. The Bertz CT molecular complexity index is 1040. The molecule has 0 unspecified atom stereocenters. The third-order valence-electron chi connectivity index (χ3n) is 3.90. The zero-order valence-corrected chi connectivity index (χ0v) is 15.3. The van der Waals surface area contributed by atoms with Crippen LogP contribution in [0.1, 0.15) is 10.4 Å². The summed E-state index contributed by atoms with van der Waals surface area (Å²) in [5.74, 6) is 0.665. The fourth-order valence-electron chi connectivity index (χ4n) is 2.68. The number of H-pyrrole nitrogens is 1. The lowest BCUT2D eigenvalue weighted by Crippen LogP contribution is -2.13. The van der Waals surface area contributed by atoms with E-state index in [-0.39, 0.29) is 5.91 Å². The van der Waals surface area contributed by atoms with E-state index in [4.69, 9.17) is 0 Å². The number of aromatic nitrogens is 2. The monoisotopic (exact) mass is 439 g/mol. The second kappa shape index (κ2) is 6.68. The third-order valence-corrected chi connectivity index (χ3v) is 4.84. The SMILES string of the molecule is O=C(Nc1cccc(-c2nc3ccccc3[nH]2)c1)c1ccccc1I. The maximum Gasteiger partial charge on any atom is 0.256 e. The summed E-state index contributed by atoms with van der Waals surface area (Å²) in [6, 6.07) is 23.1. The highest BCUT2D eigenvalue weighted by Crippen LogP contribution is 2.23. The van der Waals surface area contributed by atoms with Gasteiger partial charge in [-0.1, -0.05) is 36.4 Å². The molecule has 2 N–H and O–H groups in total. The molecule has 0 saturated carbocycles. The van der Waals surface area contributed by atoms with Crippen LogP contribution >= 0.6 is 22.6 Å². The number of amides is 1. The van der Waals surface area contributed by atoms with Gasteiger partial charge in [-0.2, -0.15) is 0 Å². The molecule has 0 fully saturated rings. The molecule has 4 aromatic rings. The summed E-state index contributed by atoms with van der Waals surface area (Å²) < 4.78 is 0.922. The van der Waals surface area contributed by atoms with Crippen LogP contribution in [0.5, 0.6) is 0 Å². The number of para-hydroxylation sites is 2. The first kappa shape index (κ1) is 15.8. The predicted molar refractivity (Wildman–Crippen MR) is 109 cm³/mol. The predicted octanol–water partition coefficient (Wildman–Crippen LogP) is 5.09. The van der Waals surface area contributed by atoms with Crippen LogP contribution in [-0.2, 0) is 0 Å². The van der Waals surface area contributed by atoms with E-state index < -0.39 is 0 Å². The summed E-state index contributed by atoms with van der Waals surface area (Å²) in [4.78, 5) is 20.4. The number of halogens is 1. The van der Waals surface area contributed by atoms with Crippen molar-refractivity contribution < 1.29 is 4.79 Å². The largest absolute Gasteiger partial charge is 0.338 e. The van der Waals surface area contributed by atoms with Crippen LogP contribution in [0, 0.1) is 3.57 Å². The zero-order valence-electron chi connectivity index (χ0n) is 13.2. The molecule has 3 aromatic carbocycles. The molecule has 0 spiro atoms. The molecule has 1 aromatic heterocycles. The number of nitrogens with one attached hydrogen (secondary N) is 2. The highest BCUT2D eigenvalue weighted by molar-refractivity contribution is 14.1. The number of carbonyl (C=O) groups excluding carboxylic acids is 1. The van der Waals surface area contributed by atoms with E-state index in [0.29, 0.717) is 5.56 Å². The van der Waals surface area contributed by atoms with Crippen molar-refractivity contribution in [1.82, 2.24) is 9.97 Å². The van der Waals surface area contributed by atoms with Crippen molar-refractivity contribution in [1.29, 1.82) is 0 Å². The molecule has 25 heavy (non-hydrogen) atoms. The highest BCUT2D eigenvalue weighted by atomic mass is 127. The average Bonchev–Trinajstić information content (AvgIpc) is 3.06. The van der Waals surface area contributed by atoms with Crippen molar-refractivity contribution in [2.75, 3.05) is 5.32 Å². The van der Waals surface area contributed by atoms with Crippen LogP contribution in [0.25, 0.3) is 22.4 Å². The van der Waals surface area contributed by atoms with Crippen molar-refractivity contribution >= 4 is 45.2 Å². The van der Waals surface area contributed by atoms with E-state index in [0.717, 1.165) is 31.7 Å². The molecule has 0 saturated heterocycles. The molecule has 0 atom stereocenters. The van der Waals surface area contributed by atoms with Gasteiger partial charge < -0.3 is 10.3 Å². The van der Waals surface area contributed by atoms with E-state index in [9.17, 15) is 4.79 Å². The number of benzene rings is 3. The first-order valence-electron chi connectivity index (χ1n) is 7.82. The first-order valence-corrected chi connectivity index (χ1v) is 8.90. The molecule has 0 aliphatic carbocycles. The van der Waals surface area contributed by atoms with Gasteiger partial charge in [-0.15, -0.1) is 0 Å². The Balaban J connectivity index is 1.63. The van der Waals surface area contributed by atoms with Crippen LogP contribution in [0.4, 0.5) is 5.69 Å². The van der Waals surface area contributed by atoms with Gasteiger partial charge in [-0.05, 0) is 59.0 Å². The number of fused-ring (bicyclic) bond motifs is 1. The molecule has 1 heterocycles. The molecule has 0 bridgehead atoms. The van der Waals surface area contributed by atoms with Gasteiger partial charge in [0.2, 0.25) is 0 Å². The molecule has 4 rings (SSSR count). The number of aromatic amines is 1. The second-order valence-corrected chi connectivity index (χ2v) is 6.78. The quantitative estimate of drug-likeness (QED) is 0.437. The van der Waals surface area contributed by atoms with Crippen molar-refractivity contribution in [3.63, 3.8) is 0 Å². The number of anilines is 1. The minimum absolute atomic E-state index is 0.119. The van der Waals surface area contributed by atoms with Gasteiger partial charge in [0.1, 0.15) is 5.82 Å². The Morgan fingerprint density at radius 3 is 2.60 bits per heavy atom. The van der Waals surface area contributed by atoms with Crippen molar-refractivity contribution in [2.45, 2.75) is 0 Å². The Kier molecular flexibility index (Phi) is 4.23. The fourth-order valence-corrected chi connectivity index (χ4v) is 3.31. The summed E-state index contributed by atoms with van der Waals surface area (Å²) in [5, 5.41) is 2.96. The minimum atomic E-state index is -0.119. The molecular weight excluding hydrogens is 425 g/mol. The van der Waals surface area contributed by atoms with E-state index >= 15 is 0 Å². The molecule has 4 nitrogen and oxygen atoms in total. The van der Waals surface area contributed by atoms with Crippen LogP contribution in [-0.4, -0.2) is 15.9 Å². The summed E-state index contributed by atoms with van der Waals surface area (Å²) in [7, 11) is 0. The van der Waals surface area contributed by atoms with Crippen molar-refractivity contribution in [2.24, 2.45) is 0 Å². The van der Waals surface area contributed by atoms with Crippen molar-refractivity contribution in [3.05, 3.63) is 81.9 Å². The Labute approximate surface area is 158 Å². The van der Waals surface area contributed by atoms with Crippen LogP contribution in [0.3, 0.4) is 0 Å². The van der Waals surface area contributed by atoms with Gasteiger partial charge in [-0.3, -0.25) is 4.79 Å². The number of hydrogen-bond acceptors (Lipinski definition) is 2. The van der Waals surface area contributed by atoms with Gasteiger partial charge in [0, 0.05) is 14.8 Å². The second-order valence-electron chi connectivity index (χ2n) is 5.62. The maximum atomic E-state index is 12.5. The van der Waals surface area contributed by atoms with E-state index in [2.05, 4.69) is 37.9 Å². The summed E-state index contributed by atoms with van der Waals surface area (Å²) in [5.41, 5.74) is 4.24. The Morgan fingerprint density at radius 1 is 0.960 bits per heavy atom. The molecule has 0 aliphatic rings. The third kappa shape index (κ3) is 3.28. The Morgan fingerprint density at radius 2 is 1.76 bits per heavy atom. The lowest BCUT2D eigenvalue weighted by Gasteiger charge is -2.08. The van der Waals surface area contributed by atoms with Crippen LogP contribution in [0.2, 0.25) is 0 Å². The number of imidazole rings is 1. The number of nitrogens with zero attached hydrogens (tertiary/aromatic N) is 1. The lowest BCUT2D eigenvalue weighted by molar-refractivity contribution is 0.102. The molecule has 122 valence electrons. The van der Waals surface area contributed by atoms with Gasteiger partial charge in [-0.25, -0.2) is 4.98 Å². The van der Waals surface area contributed by atoms with Crippen molar-refractivity contribution in [3.8, 4) is 11.4 Å². The van der Waals surface area contributed by atoms with Crippen LogP contribution in [0.15, 0.2) is 72.8 Å². The highest BCUT2D eigenvalue weighted by Gasteiger charge is 2.11. The number of rotatable bonds is 3. The number of carbonyl (C=O) groups is 1. The summed E-state index contributed by atoms with van der Waals surface area (Å²) in [6.45, 7) is 0. The van der Waals surface area contributed by atoms with Gasteiger partial charge in [0.25, 0.3) is 5.91 Å². The smallest absolute Gasteiger partial charge is 0.256 e. The molecule has 5 heteroatoms. The van der Waals surface area contributed by atoms with Gasteiger partial charge >= 0.3 is 0 Å². The lowest BCUT2D eigenvalue weighted by atomic mass is 10.1. The minimum Gasteiger partial charge on any atom is -0.338 e. The van der Waals surface area contributed by atoms with Gasteiger partial charge in [0.15, 0.2) is 0 Å². The molecule has 0 radical (unpaired) electrons. The standard InChI is InChI=1S/C20H14IN3O/c21-16-9-2-1-8-15(16)20(25)22-14-7-5-6-13(12-14)19-23-17-10-3-4-11-18(17)24-19/h1-12H,(H,22,25)(H,23,24). The first-order chi connectivity index (χ1) is 12.2. The fraction of sp³-hybridized carbons (Fsp3) is 0. The molecular formula is C20H14IN3O. The van der Waals surface area contributed by atoms with E-state index in [1.165, 1.54) is 0 Å². The number of hydrogen-bond donors (Lipinski definition) is 2.